The molecule has 0 radical (unpaired) electrons. The van der Waals surface area contributed by atoms with Crippen LogP contribution in [0.1, 0.15) is 0 Å². The Morgan fingerprint density at radius 2 is 1.17 bits per heavy atom. The van der Waals surface area contributed by atoms with Gasteiger partial charge >= 0.3 is 0 Å². The number of rotatable bonds is 2. The maximum atomic E-state index is 6.64. The molecule has 0 spiro atoms. The van der Waals surface area contributed by atoms with Crippen molar-refractivity contribution in [2.45, 2.75) is 0 Å². The Hall–Kier alpha value is -6.24. The summed E-state index contributed by atoms with van der Waals surface area (Å²) < 4.78 is 17.9. The van der Waals surface area contributed by atoms with Crippen molar-refractivity contribution in [1.29, 1.82) is 0 Å². The first kappa shape index (κ1) is 24.9. The fourth-order valence-electron chi connectivity index (χ4n) is 7.93. The number of hydrogen-bond acceptors (Lipinski definition) is 5. The summed E-state index contributed by atoms with van der Waals surface area (Å²) in [5.74, 6) is 0.607. The zero-order valence-corrected chi connectivity index (χ0v) is 26.0. The second-order valence-corrected chi connectivity index (χ2v) is 13.6. The molecule has 0 amide bonds. The van der Waals surface area contributed by atoms with Crippen molar-refractivity contribution in [2.75, 3.05) is 0 Å². The number of hydrogen-bond donors (Lipinski definition) is 0. The van der Waals surface area contributed by atoms with Crippen molar-refractivity contribution in [2.24, 2.45) is 0 Å². The molecule has 5 aromatic heterocycles. The smallest absolute Gasteiger partial charge is 0.236 e. The van der Waals surface area contributed by atoms with Crippen LogP contribution in [0.2, 0.25) is 0 Å². The van der Waals surface area contributed by atoms with Gasteiger partial charge in [-0.05, 0) is 59.3 Å². The molecule has 12 rings (SSSR count). The van der Waals surface area contributed by atoms with E-state index in [9.17, 15) is 0 Å². The normalized spacial score (nSPS) is 12.6. The molecule has 0 aliphatic rings. The van der Waals surface area contributed by atoms with E-state index >= 15 is 0 Å². The van der Waals surface area contributed by atoms with Gasteiger partial charge in [0.2, 0.25) is 5.95 Å². The van der Waals surface area contributed by atoms with Crippen LogP contribution in [0.25, 0.3) is 114 Å². The molecule has 0 bridgehead atoms. The van der Waals surface area contributed by atoms with Gasteiger partial charge in [-0.15, -0.1) is 11.3 Å². The lowest BCUT2D eigenvalue weighted by Crippen LogP contribution is -2.03. The fourth-order valence-corrected chi connectivity index (χ4v) is 9.08. The lowest BCUT2D eigenvalue weighted by Gasteiger charge is -2.10. The van der Waals surface area contributed by atoms with Crippen molar-refractivity contribution in [3.05, 3.63) is 127 Å². The van der Waals surface area contributed by atoms with E-state index in [2.05, 4.69) is 114 Å². The van der Waals surface area contributed by atoms with Crippen molar-refractivity contribution >= 4 is 108 Å². The second-order valence-electron chi connectivity index (χ2n) is 12.5. The van der Waals surface area contributed by atoms with Crippen LogP contribution in [0.3, 0.4) is 0 Å². The average molecular weight is 632 g/mol. The number of benzene rings is 7. The Morgan fingerprint density at radius 1 is 0.500 bits per heavy atom. The van der Waals surface area contributed by atoms with Crippen LogP contribution >= 0.6 is 11.3 Å². The minimum atomic E-state index is 0.607. The van der Waals surface area contributed by atoms with Crippen LogP contribution in [0.15, 0.2) is 136 Å². The predicted molar refractivity (Wildman–Crippen MR) is 198 cm³/mol. The van der Waals surface area contributed by atoms with Crippen molar-refractivity contribution in [1.82, 2.24) is 14.5 Å². The first-order valence-corrected chi connectivity index (χ1v) is 16.8. The third-order valence-electron chi connectivity index (χ3n) is 9.98. The highest BCUT2D eigenvalue weighted by Gasteiger charge is 2.25. The number of furan rings is 1. The van der Waals surface area contributed by atoms with Gasteiger partial charge in [0.25, 0.3) is 0 Å². The van der Waals surface area contributed by atoms with Gasteiger partial charge in [-0.2, -0.15) is 0 Å². The van der Waals surface area contributed by atoms with Crippen LogP contribution in [0.5, 0.6) is 0 Å². The zero-order valence-electron chi connectivity index (χ0n) is 25.2. The molecule has 0 N–H and O–H groups in total. The third-order valence-corrected chi connectivity index (χ3v) is 11.1. The molecule has 5 nitrogen and oxygen atoms in total. The molecule has 0 unspecified atom stereocenters. The minimum Gasteiger partial charge on any atom is -0.456 e. The van der Waals surface area contributed by atoms with Gasteiger partial charge in [-0.25, -0.2) is 9.97 Å². The highest BCUT2D eigenvalue weighted by Crippen LogP contribution is 2.45. The molecule has 0 saturated carbocycles. The molecule has 0 fully saturated rings. The summed E-state index contributed by atoms with van der Waals surface area (Å²) in [6, 6.07) is 44.7. The van der Waals surface area contributed by atoms with Crippen LogP contribution in [-0.2, 0) is 0 Å². The Morgan fingerprint density at radius 3 is 1.94 bits per heavy atom. The standard InChI is InChI=1S/C42H21N3O2S/c1-3-11-30-27(10-1)40-41(47-30)39(24-15-18-26-25-9-2-4-14-33(25)48-34(26)21-24)43-42(44-40)45-28-19-16-22-7-5-12-31-35(22)37(28)38-29(45)20-17-23-8-6-13-32(46-31)36(23)38/h1-21H. The van der Waals surface area contributed by atoms with Crippen LogP contribution in [-0.4, -0.2) is 14.5 Å². The van der Waals surface area contributed by atoms with Crippen LogP contribution in [0.4, 0.5) is 0 Å². The predicted octanol–water partition coefficient (Wildman–Crippen LogP) is 12.0. The van der Waals surface area contributed by atoms with Crippen molar-refractivity contribution < 1.29 is 8.83 Å². The molecule has 48 heavy (non-hydrogen) atoms. The van der Waals surface area contributed by atoms with Gasteiger partial charge in [0, 0.05) is 52.7 Å². The number of thiophene rings is 1. The third kappa shape index (κ3) is 3.10. The zero-order chi connectivity index (χ0) is 31.1. The van der Waals surface area contributed by atoms with Gasteiger partial charge in [0.05, 0.1) is 11.0 Å². The van der Waals surface area contributed by atoms with Gasteiger partial charge in [-0.3, -0.25) is 4.57 Å². The largest absolute Gasteiger partial charge is 0.456 e. The number of fused-ring (bicyclic) bond motifs is 6. The molecular weight excluding hydrogens is 611 g/mol. The summed E-state index contributed by atoms with van der Waals surface area (Å²) in [5, 5.41) is 10.3. The first-order chi connectivity index (χ1) is 23.8. The molecule has 6 heteroatoms. The van der Waals surface area contributed by atoms with Gasteiger partial charge in [-0.1, -0.05) is 78.9 Å². The van der Waals surface area contributed by atoms with Gasteiger partial charge < -0.3 is 8.83 Å². The van der Waals surface area contributed by atoms with E-state index in [-0.39, 0.29) is 0 Å². The first-order valence-electron chi connectivity index (χ1n) is 16.0. The van der Waals surface area contributed by atoms with E-state index in [1.165, 1.54) is 20.2 Å². The lowest BCUT2D eigenvalue weighted by molar-refractivity contribution is 0.664. The molecule has 12 aromatic rings. The summed E-state index contributed by atoms with van der Waals surface area (Å²) in [4.78, 5) is 10.7. The maximum Gasteiger partial charge on any atom is 0.236 e. The minimum absolute atomic E-state index is 0.607. The lowest BCUT2D eigenvalue weighted by atomic mass is 10.00. The van der Waals surface area contributed by atoms with Crippen LogP contribution < -0.4 is 0 Å². The Bertz CT molecular complexity index is 3200. The molecule has 0 aliphatic heterocycles. The SMILES string of the molecule is c1ccc2c(c1)oc1c(-c3ccc4c(c3)sc3ccccc34)nc(-n3c4ccc5cccc6oc7cccc8ccc3c(c87)c4c56)nc12. The molecule has 5 heterocycles. The quantitative estimate of drug-likeness (QED) is 0.190. The number of aromatic nitrogens is 3. The summed E-state index contributed by atoms with van der Waals surface area (Å²) in [6.45, 7) is 0. The highest BCUT2D eigenvalue weighted by atomic mass is 32.1. The number of nitrogens with zero attached hydrogens (tertiary/aromatic N) is 3. The maximum absolute atomic E-state index is 6.64. The molecule has 0 atom stereocenters. The van der Waals surface area contributed by atoms with E-state index in [0.717, 1.165) is 82.3 Å². The van der Waals surface area contributed by atoms with E-state index < -0.39 is 0 Å². The molecular formula is C42H21N3O2S. The van der Waals surface area contributed by atoms with Crippen molar-refractivity contribution in [3.63, 3.8) is 0 Å². The molecule has 0 saturated heterocycles. The monoisotopic (exact) mass is 631 g/mol. The van der Waals surface area contributed by atoms with Crippen LogP contribution in [0, 0.1) is 0 Å². The van der Waals surface area contributed by atoms with Crippen molar-refractivity contribution in [3.8, 4) is 17.2 Å². The summed E-state index contributed by atoms with van der Waals surface area (Å²) >= 11 is 1.80. The molecule has 7 aromatic carbocycles. The van der Waals surface area contributed by atoms with Gasteiger partial charge in [0.1, 0.15) is 28.0 Å². The summed E-state index contributed by atoms with van der Waals surface area (Å²) in [7, 11) is 0. The Kier molecular flexibility index (Phi) is 4.55. The van der Waals surface area contributed by atoms with E-state index in [1.807, 2.05) is 18.2 Å². The highest BCUT2D eigenvalue weighted by molar-refractivity contribution is 7.25. The number of para-hydroxylation sites is 1. The average Bonchev–Trinajstić information content (AvgIpc) is 3.77. The Balaban J connectivity index is 1.25. The van der Waals surface area contributed by atoms with E-state index in [0.29, 0.717) is 11.5 Å². The van der Waals surface area contributed by atoms with Gasteiger partial charge in [0.15, 0.2) is 5.58 Å². The Labute approximate surface area is 275 Å². The summed E-state index contributed by atoms with van der Waals surface area (Å²) in [5.41, 5.74) is 7.85. The van der Waals surface area contributed by atoms with E-state index in [1.54, 1.807) is 11.3 Å². The summed E-state index contributed by atoms with van der Waals surface area (Å²) in [6.07, 6.45) is 0. The topological polar surface area (TPSA) is 57.0 Å². The molecule has 0 aliphatic carbocycles. The molecule has 222 valence electrons. The second kappa shape index (κ2) is 8.76. The van der Waals surface area contributed by atoms with E-state index in [4.69, 9.17) is 18.8 Å². The fraction of sp³-hybridized carbons (Fsp3) is 0.